The molecule has 2 rings (SSSR count). The lowest BCUT2D eigenvalue weighted by Gasteiger charge is -2.14. The lowest BCUT2D eigenvalue weighted by molar-refractivity contribution is 0.0696. The summed E-state index contributed by atoms with van der Waals surface area (Å²) in [6, 6.07) is 9.31. The number of hydrogen-bond donors (Lipinski definition) is 1. The predicted molar refractivity (Wildman–Crippen MR) is 73.4 cm³/mol. The van der Waals surface area contributed by atoms with Gasteiger partial charge in [-0.05, 0) is 39.0 Å². The molecule has 0 spiro atoms. The van der Waals surface area contributed by atoms with Crippen molar-refractivity contribution >= 4 is 5.97 Å². The Balaban J connectivity index is 2.62. The number of aryl methyl sites for hydroxylation is 1. The highest BCUT2D eigenvalue weighted by molar-refractivity contribution is 5.89. The van der Waals surface area contributed by atoms with Crippen molar-refractivity contribution in [1.82, 2.24) is 4.57 Å². The second-order valence-corrected chi connectivity index (χ2v) is 4.33. The van der Waals surface area contributed by atoms with E-state index in [1.807, 2.05) is 42.7 Å². The van der Waals surface area contributed by atoms with E-state index in [2.05, 4.69) is 0 Å². The first-order chi connectivity index (χ1) is 9.06. The Morgan fingerprint density at radius 1 is 1.32 bits per heavy atom. The molecule has 1 aromatic heterocycles. The highest BCUT2D eigenvalue weighted by atomic mass is 16.5. The van der Waals surface area contributed by atoms with Crippen molar-refractivity contribution in [2.45, 2.75) is 20.8 Å². The van der Waals surface area contributed by atoms with E-state index in [1.165, 1.54) is 0 Å². The number of carbonyl (C=O) groups is 1. The standard InChI is InChI=1S/C15H17NO3/c1-4-19-14-8-6-5-7-13(14)16-10(2)9-12(11(16)3)15(17)18/h5-9H,4H2,1-3H3,(H,17,18). The summed E-state index contributed by atoms with van der Waals surface area (Å²) in [4.78, 5) is 11.2. The van der Waals surface area contributed by atoms with Crippen LogP contribution in [0.15, 0.2) is 30.3 Å². The van der Waals surface area contributed by atoms with Crippen molar-refractivity contribution < 1.29 is 14.6 Å². The maximum absolute atomic E-state index is 11.2. The molecular formula is C15H17NO3. The summed E-state index contributed by atoms with van der Waals surface area (Å²) < 4.78 is 7.51. The minimum atomic E-state index is -0.909. The summed E-state index contributed by atoms with van der Waals surface area (Å²) in [5, 5.41) is 9.18. The number of nitrogens with zero attached hydrogens (tertiary/aromatic N) is 1. The zero-order valence-electron chi connectivity index (χ0n) is 11.3. The summed E-state index contributed by atoms with van der Waals surface area (Å²) in [6.07, 6.45) is 0. The maximum Gasteiger partial charge on any atom is 0.337 e. The number of benzene rings is 1. The minimum Gasteiger partial charge on any atom is -0.492 e. The van der Waals surface area contributed by atoms with Crippen molar-refractivity contribution in [1.29, 1.82) is 0 Å². The number of aromatic carboxylic acids is 1. The molecule has 4 nitrogen and oxygen atoms in total. The summed E-state index contributed by atoms with van der Waals surface area (Å²) in [7, 11) is 0. The van der Waals surface area contributed by atoms with E-state index in [4.69, 9.17) is 4.74 Å². The molecule has 0 bridgehead atoms. The van der Waals surface area contributed by atoms with Crippen LogP contribution in [0, 0.1) is 13.8 Å². The molecular weight excluding hydrogens is 242 g/mol. The van der Waals surface area contributed by atoms with Crippen LogP contribution in [-0.2, 0) is 0 Å². The van der Waals surface area contributed by atoms with Crippen LogP contribution in [0.3, 0.4) is 0 Å². The van der Waals surface area contributed by atoms with E-state index in [9.17, 15) is 9.90 Å². The lowest BCUT2D eigenvalue weighted by atomic mass is 10.2. The van der Waals surface area contributed by atoms with Gasteiger partial charge in [-0.1, -0.05) is 12.1 Å². The van der Waals surface area contributed by atoms with Crippen LogP contribution >= 0.6 is 0 Å². The van der Waals surface area contributed by atoms with Crippen molar-refractivity contribution in [3.63, 3.8) is 0 Å². The third kappa shape index (κ3) is 2.34. The third-order valence-electron chi connectivity index (χ3n) is 3.07. The molecule has 0 aliphatic rings. The quantitative estimate of drug-likeness (QED) is 0.917. The second-order valence-electron chi connectivity index (χ2n) is 4.33. The Morgan fingerprint density at radius 3 is 2.58 bits per heavy atom. The van der Waals surface area contributed by atoms with Gasteiger partial charge in [0, 0.05) is 11.4 Å². The number of carboxylic acid groups (broad SMARTS) is 1. The predicted octanol–water partition coefficient (Wildman–Crippen LogP) is 3.19. The van der Waals surface area contributed by atoms with Gasteiger partial charge in [0.2, 0.25) is 0 Å². The Morgan fingerprint density at radius 2 is 2.00 bits per heavy atom. The molecule has 100 valence electrons. The normalized spacial score (nSPS) is 10.5. The lowest BCUT2D eigenvalue weighted by Crippen LogP contribution is -2.05. The largest absolute Gasteiger partial charge is 0.492 e. The molecule has 1 heterocycles. The fourth-order valence-corrected chi connectivity index (χ4v) is 2.27. The smallest absolute Gasteiger partial charge is 0.337 e. The first-order valence-electron chi connectivity index (χ1n) is 6.20. The summed E-state index contributed by atoms with van der Waals surface area (Å²) in [5.41, 5.74) is 2.77. The number of rotatable bonds is 4. The molecule has 0 aliphatic carbocycles. The zero-order chi connectivity index (χ0) is 14.0. The number of ether oxygens (including phenoxy) is 1. The SMILES string of the molecule is CCOc1ccccc1-n1c(C)cc(C(=O)O)c1C. The van der Waals surface area contributed by atoms with Gasteiger partial charge in [-0.15, -0.1) is 0 Å². The van der Waals surface area contributed by atoms with Gasteiger partial charge in [-0.25, -0.2) is 4.79 Å². The average Bonchev–Trinajstić information content (AvgIpc) is 2.66. The molecule has 4 heteroatoms. The Bertz CT molecular complexity index is 614. The second kappa shape index (κ2) is 5.18. The van der Waals surface area contributed by atoms with E-state index >= 15 is 0 Å². The third-order valence-corrected chi connectivity index (χ3v) is 3.07. The van der Waals surface area contributed by atoms with Crippen molar-refractivity contribution in [2.24, 2.45) is 0 Å². The topological polar surface area (TPSA) is 51.5 Å². The summed E-state index contributed by atoms with van der Waals surface area (Å²) in [5.74, 6) is -0.156. The zero-order valence-corrected chi connectivity index (χ0v) is 11.3. The molecule has 2 aromatic rings. The van der Waals surface area contributed by atoms with Gasteiger partial charge in [0.05, 0.1) is 17.9 Å². The minimum absolute atomic E-state index is 0.323. The molecule has 19 heavy (non-hydrogen) atoms. The fourth-order valence-electron chi connectivity index (χ4n) is 2.27. The van der Waals surface area contributed by atoms with Gasteiger partial charge < -0.3 is 14.4 Å². The molecule has 1 aromatic carbocycles. The van der Waals surface area contributed by atoms with Gasteiger partial charge in [0.25, 0.3) is 0 Å². The first-order valence-corrected chi connectivity index (χ1v) is 6.20. The molecule has 0 radical (unpaired) electrons. The molecule has 0 amide bonds. The van der Waals surface area contributed by atoms with Crippen LogP contribution in [0.5, 0.6) is 5.75 Å². The van der Waals surface area contributed by atoms with Crippen LogP contribution in [0.1, 0.15) is 28.7 Å². The van der Waals surface area contributed by atoms with Crippen LogP contribution in [0.4, 0.5) is 0 Å². The molecule has 1 N–H and O–H groups in total. The highest BCUT2D eigenvalue weighted by Gasteiger charge is 2.17. The molecule has 0 saturated heterocycles. The van der Waals surface area contributed by atoms with Gasteiger partial charge in [-0.3, -0.25) is 0 Å². The van der Waals surface area contributed by atoms with E-state index in [0.29, 0.717) is 17.9 Å². The van der Waals surface area contributed by atoms with Crippen molar-refractivity contribution in [3.05, 3.63) is 47.3 Å². The molecule has 0 fully saturated rings. The van der Waals surface area contributed by atoms with Gasteiger partial charge >= 0.3 is 5.97 Å². The monoisotopic (exact) mass is 259 g/mol. The Kier molecular flexibility index (Phi) is 3.60. The average molecular weight is 259 g/mol. The van der Waals surface area contributed by atoms with E-state index in [-0.39, 0.29) is 0 Å². The van der Waals surface area contributed by atoms with Crippen LogP contribution in [-0.4, -0.2) is 22.2 Å². The fraction of sp³-hybridized carbons (Fsp3) is 0.267. The maximum atomic E-state index is 11.2. The molecule has 0 aliphatic heterocycles. The van der Waals surface area contributed by atoms with E-state index < -0.39 is 5.97 Å². The van der Waals surface area contributed by atoms with E-state index in [1.54, 1.807) is 13.0 Å². The number of aromatic nitrogens is 1. The van der Waals surface area contributed by atoms with E-state index in [0.717, 1.165) is 17.1 Å². The number of hydrogen-bond acceptors (Lipinski definition) is 2. The van der Waals surface area contributed by atoms with Gasteiger partial charge in [0.15, 0.2) is 0 Å². The summed E-state index contributed by atoms with van der Waals surface area (Å²) >= 11 is 0. The highest BCUT2D eigenvalue weighted by Crippen LogP contribution is 2.28. The number of para-hydroxylation sites is 2. The Labute approximate surface area is 112 Å². The molecule has 0 saturated carbocycles. The van der Waals surface area contributed by atoms with Gasteiger partial charge in [-0.2, -0.15) is 0 Å². The summed E-state index contributed by atoms with van der Waals surface area (Å²) in [6.45, 7) is 6.19. The molecule has 0 unspecified atom stereocenters. The van der Waals surface area contributed by atoms with Crippen molar-refractivity contribution in [2.75, 3.05) is 6.61 Å². The van der Waals surface area contributed by atoms with Gasteiger partial charge in [0.1, 0.15) is 5.75 Å². The van der Waals surface area contributed by atoms with Crippen molar-refractivity contribution in [3.8, 4) is 11.4 Å². The van der Waals surface area contributed by atoms with Crippen LogP contribution in [0.2, 0.25) is 0 Å². The number of carboxylic acids is 1. The first kappa shape index (κ1) is 13.2. The Hall–Kier alpha value is -2.23. The molecule has 0 atom stereocenters. The van der Waals surface area contributed by atoms with Crippen LogP contribution < -0.4 is 4.74 Å². The van der Waals surface area contributed by atoms with Crippen LogP contribution in [0.25, 0.3) is 5.69 Å².